The molecule has 0 saturated carbocycles. The Morgan fingerprint density at radius 3 is 2.56 bits per heavy atom. The maximum absolute atomic E-state index is 8.86. The third kappa shape index (κ3) is 5.46. The van der Waals surface area contributed by atoms with Crippen molar-refractivity contribution in [2.24, 2.45) is 0 Å². The van der Waals surface area contributed by atoms with E-state index in [9.17, 15) is 0 Å². The molecule has 1 rings (SSSR count). The third-order valence-electron chi connectivity index (χ3n) is 2.28. The lowest BCUT2D eigenvalue weighted by Crippen LogP contribution is -3.00. The van der Waals surface area contributed by atoms with Gasteiger partial charge in [-0.05, 0) is 14.1 Å². The highest BCUT2D eigenvalue weighted by atomic mass is 35.5. The summed E-state index contributed by atoms with van der Waals surface area (Å²) in [6.45, 7) is 4.45. The van der Waals surface area contributed by atoms with Crippen molar-refractivity contribution in [1.82, 2.24) is 4.90 Å². The molecule has 3 nitrogen and oxygen atoms in total. The van der Waals surface area contributed by atoms with Crippen molar-refractivity contribution in [2.45, 2.75) is 19.9 Å². The molecule has 0 aromatic carbocycles. The number of hydrogen-bond donors (Lipinski definition) is 1. The summed E-state index contributed by atoms with van der Waals surface area (Å²) in [5.41, 5.74) is 3.44. The van der Waals surface area contributed by atoms with Crippen LogP contribution in [0.2, 0.25) is 0 Å². The fraction of sp³-hybridized carbons (Fsp3) is 0.700. The highest BCUT2D eigenvalue weighted by molar-refractivity contribution is 7.09. The summed E-state index contributed by atoms with van der Waals surface area (Å²) >= 11 is 1.74. The predicted molar refractivity (Wildman–Crippen MR) is 65.8 cm³/mol. The maximum Gasteiger partial charge on any atom is 0.225 e. The molecule has 0 fully saturated rings. The zero-order valence-corrected chi connectivity index (χ0v) is 12.3. The second-order valence-corrected chi connectivity index (χ2v) is 4.64. The van der Waals surface area contributed by atoms with E-state index in [0.717, 1.165) is 19.5 Å². The SMILES string of the molecule is Cc1c(CCO)sc[n+]1CCN(C)C.Cl.[Cl-]. The summed E-state index contributed by atoms with van der Waals surface area (Å²) in [5.74, 6) is 0. The number of likely N-dealkylation sites (N-methyl/N-ethyl adjacent to an activating group) is 1. The van der Waals surface area contributed by atoms with Crippen LogP contribution in [0.25, 0.3) is 0 Å². The van der Waals surface area contributed by atoms with Gasteiger partial charge in [-0.25, -0.2) is 0 Å². The van der Waals surface area contributed by atoms with Crippen molar-refractivity contribution in [2.75, 3.05) is 27.2 Å². The molecule has 6 heteroatoms. The molecule has 1 N–H and O–H groups in total. The highest BCUT2D eigenvalue weighted by Crippen LogP contribution is 2.10. The summed E-state index contributed by atoms with van der Waals surface area (Å²) in [6, 6.07) is 0. The Hall–Kier alpha value is 0.130. The normalized spacial score (nSPS) is 9.81. The van der Waals surface area contributed by atoms with Gasteiger partial charge < -0.3 is 22.4 Å². The molecular weight excluding hydrogens is 267 g/mol. The van der Waals surface area contributed by atoms with Crippen LogP contribution in [0.4, 0.5) is 0 Å². The molecule has 0 aliphatic heterocycles. The molecule has 0 saturated heterocycles. The largest absolute Gasteiger partial charge is 1.00 e. The first-order chi connectivity index (χ1) is 6.65. The fourth-order valence-corrected chi connectivity index (χ4v) is 2.34. The molecule has 0 aliphatic carbocycles. The number of nitrogens with zero attached hydrogens (tertiary/aromatic N) is 2. The smallest absolute Gasteiger partial charge is 0.225 e. The minimum atomic E-state index is 0. The Morgan fingerprint density at radius 1 is 1.44 bits per heavy atom. The van der Waals surface area contributed by atoms with Crippen LogP contribution in [0.5, 0.6) is 0 Å². The Labute approximate surface area is 114 Å². The molecule has 16 heavy (non-hydrogen) atoms. The first-order valence-corrected chi connectivity index (χ1v) is 5.75. The van der Waals surface area contributed by atoms with Gasteiger partial charge in [-0.2, -0.15) is 4.57 Å². The summed E-state index contributed by atoms with van der Waals surface area (Å²) in [5, 5.41) is 8.86. The number of aliphatic hydroxyl groups is 1. The van der Waals surface area contributed by atoms with Gasteiger partial charge in [0, 0.05) is 20.0 Å². The van der Waals surface area contributed by atoms with Gasteiger partial charge in [0.05, 0.1) is 11.4 Å². The summed E-state index contributed by atoms with van der Waals surface area (Å²) in [6.07, 6.45) is 0.783. The van der Waals surface area contributed by atoms with Crippen LogP contribution in [0.15, 0.2) is 5.51 Å². The van der Waals surface area contributed by atoms with E-state index in [4.69, 9.17) is 5.11 Å². The minimum Gasteiger partial charge on any atom is -1.00 e. The van der Waals surface area contributed by atoms with Crippen molar-refractivity contribution in [1.29, 1.82) is 0 Å². The maximum atomic E-state index is 8.86. The summed E-state index contributed by atoms with van der Waals surface area (Å²) in [7, 11) is 4.16. The Bertz CT molecular complexity index is 292. The topological polar surface area (TPSA) is 27.4 Å². The molecule has 1 aromatic rings. The van der Waals surface area contributed by atoms with E-state index in [-0.39, 0.29) is 31.4 Å². The molecule has 0 spiro atoms. The monoisotopic (exact) mass is 286 g/mol. The standard InChI is InChI=1S/C10H19N2OS.2ClH/c1-9-10(4-7-13)14-8-12(9)6-5-11(2)3;;/h8,13H,4-7H2,1-3H3;2*1H/q+1;;/p-1. The van der Waals surface area contributed by atoms with Gasteiger partial charge in [-0.3, -0.25) is 0 Å². The van der Waals surface area contributed by atoms with Crippen LogP contribution < -0.4 is 17.0 Å². The highest BCUT2D eigenvalue weighted by Gasteiger charge is 2.14. The van der Waals surface area contributed by atoms with E-state index < -0.39 is 0 Å². The minimum absolute atomic E-state index is 0. The first-order valence-electron chi connectivity index (χ1n) is 4.87. The zero-order valence-electron chi connectivity index (χ0n) is 9.94. The van der Waals surface area contributed by atoms with Crippen molar-refractivity contribution in [3.63, 3.8) is 0 Å². The van der Waals surface area contributed by atoms with Crippen LogP contribution >= 0.6 is 23.7 Å². The number of aromatic nitrogens is 1. The molecule has 1 heterocycles. The molecule has 0 bridgehead atoms. The van der Waals surface area contributed by atoms with E-state index >= 15 is 0 Å². The lowest BCUT2D eigenvalue weighted by atomic mass is 10.3. The molecule has 0 unspecified atom stereocenters. The zero-order chi connectivity index (χ0) is 10.6. The summed E-state index contributed by atoms with van der Waals surface area (Å²) in [4.78, 5) is 3.47. The van der Waals surface area contributed by atoms with Crippen LogP contribution in [0.3, 0.4) is 0 Å². The molecule has 0 amide bonds. The number of aliphatic hydroxyl groups excluding tert-OH is 1. The van der Waals surface area contributed by atoms with E-state index in [1.807, 2.05) is 0 Å². The third-order valence-corrected chi connectivity index (χ3v) is 3.43. The molecule has 0 radical (unpaired) electrons. The van der Waals surface area contributed by atoms with E-state index in [1.165, 1.54) is 10.6 Å². The Balaban J connectivity index is 0. The van der Waals surface area contributed by atoms with Gasteiger partial charge in [0.2, 0.25) is 5.51 Å². The van der Waals surface area contributed by atoms with Gasteiger partial charge in [0.15, 0.2) is 12.2 Å². The number of halogens is 2. The molecule has 96 valence electrons. The average Bonchev–Trinajstić information content (AvgIpc) is 2.46. The van der Waals surface area contributed by atoms with Crippen molar-refractivity contribution in [3.8, 4) is 0 Å². The van der Waals surface area contributed by atoms with Crippen molar-refractivity contribution >= 4 is 23.7 Å². The van der Waals surface area contributed by atoms with E-state index in [0.29, 0.717) is 0 Å². The van der Waals surface area contributed by atoms with Gasteiger partial charge >= 0.3 is 0 Å². The molecule has 0 atom stereocenters. The second kappa shape index (κ2) is 9.19. The van der Waals surface area contributed by atoms with Gasteiger partial charge in [-0.1, -0.05) is 11.3 Å². The van der Waals surface area contributed by atoms with Crippen LogP contribution in [0.1, 0.15) is 10.6 Å². The fourth-order valence-electron chi connectivity index (χ4n) is 1.32. The predicted octanol–water partition coefficient (Wildman–Crippen LogP) is -2.13. The van der Waals surface area contributed by atoms with Crippen molar-refractivity contribution in [3.05, 3.63) is 16.1 Å². The van der Waals surface area contributed by atoms with Crippen molar-refractivity contribution < 1.29 is 22.1 Å². The number of rotatable bonds is 5. The quantitative estimate of drug-likeness (QED) is 0.626. The molecule has 0 aliphatic rings. The molecular formula is C10H20Cl2N2OS. The van der Waals surface area contributed by atoms with Gasteiger partial charge in [-0.15, -0.1) is 12.4 Å². The Kier molecular flexibility index (Phi) is 10.6. The Morgan fingerprint density at radius 2 is 2.06 bits per heavy atom. The average molecular weight is 287 g/mol. The van der Waals surface area contributed by atoms with Gasteiger partial charge in [0.1, 0.15) is 0 Å². The lowest BCUT2D eigenvalue weighted by Gasteiger charge is -2.05. The molecule has 1 aromatic heterocycles. The second-order valence-electron chi connectivity index (χ2n) is 3.70. The van der Waals surface area contributed by atoms with Gasteiger partial charge in [0.25, 0.3) is 0 Å². The number of hydrogen-bond acceptors (Lipinski definition) is 3. The lowest BCUT2D eigenvalue weighted by molar-refractivity contribution is -0.697. The number of thiazole rings is 1. The first kappa shape index (κ1) is 18.5. The van der Waals surface area contributed by atoms with Crippen LogP contribution in [-0.4, -0.2) is 37.3 Å². The van der Waals surface area contributed by atoms with Crippen LogP contribution in [0, 0.1) is 6.92 Å². The van der Waals surface area contributed by atoms with E-state index in [2.05, 4.69) is 36.0 Å². The summed E-state index contributed by atoms with van der Waals surface area (Å²) < 4.78 is 2.26. The van der Waals surface area contributed by atoms with Crippen LogP contribution in [-0.2, 0) is 13.0 Å². The van der Waals surface area contributed by atoms with E-state index in [1.54, 1.807) is 11.3 Å².